The van der Waals surface area contributed by atoms with Crippen molar-refractivity contribution in [2.24, 2.45) is 0 Å². The number of amides is 1. The van der Waals surface area contributed by atoms with E-state index in [4.69, 9.17) is 32.7 Å². The van der Waals surface area contributed by atoms with Crippen LogP contribution in [0.15, 0.2) is 72.5 Å². The first-order valence-electron chi connectivity index (χ1n) is 14.9. The van der Waals surface area contributed by atoms with Gasteiger partial charge in [0, 0.05) is 41.9 Å². The number of carbonyl (C=O) groups excluding carboxylic acids is 1. The maximum absolute atomic E-state index is 12.8. The van der Waals surface area contributed by atoms with Crippen molar-refractivity contribution in [1.29, 1.82) is 0 Å². The molecule has 224 valence electrons. The molecule has 1 atom stereocenters. The molecule has 0 N–H and O–H groups in total. The van der Waals surface area contributed by atoms with Crippen molar-refractivity contribution in [2.45, 2.75) is 38.2 Å². The summed E-state index contributed by atoms with van der Waals surface area (Å²) in [6.07, 6.45) is 6.08. The predicted octanol–water partition coefficient (Wildman–Crippen LogP) is 7.98. The monoisotopic (exact) mass is 620 g/mol. The van der Waals surface area contributed by atoms with E-state index in [-0.39, 0.29) is 18.7 Å². The Morgan fingerprint density at radius 3 is 2.56 bits per heavy atom. The van der Waals surface area contributed by atoms with Gasteiger partial charge >= 0.3 is 0 Å². The fourth-order valence-corrected chi connectivity index (χ4v) is 6.94. The Morgan fingerprint density at radius 2 is 1.81 bits per heavy atom. The summed E-state index contributed by atoms with van der Waals surface area (Å²) < 4.78 is 24.2. The second-order valence-electron chi connectivity index (χ2n) is 11.3. The Kier molecular flexibility index (Phi) is 9.08. The van der Waals surface area contributed by atoms with Crippen molar-refractivity contribution in [1.82, 2.24) is 4.90 Å². The summed E-state index contributed by atoms with van der Waals surface area (Å²) in [5.74, 6) is 1.08. The molecule has 5 nitrogen and oxygen atoms in total. The van der Waals surface area contributed by atoms with E-state index in [9.17, 15) is 9.18 Å². The van der Waals surface area contributed by atoms with Crippen LogP contribution in [-0.2, 0) is 16.0 Å². The Hall–Kier alpha value is -3.32. The van der Waals surface area contributed by atoms with Crippen LogP contribution in [0, 0.1) is 0 Å². The lowest BCUT2D eigenvalue weighted by Gasteiger charge is -2.21. The number of methoxy groups -OCH3 is 1. The van der Waals surface area contributed by atoms with Crippen LogP contribution in [-0.4, -0.2) is 56.9 Å². The minimum Gasteiger partial charge on any atom is -0.491 e. The molecule has 0 saturated carbocycles. The molecule has 0 unspecified atom stereocenters. The fourth-order valence-electron chi connectivity index (χ4n) is 6.42. The number of anilines is 1. The van der Waals surface area contributed by atoms with E-state index in [2.05, 4.69) is 29.2 Å². The number of hydrogen-bond donors (Lipinski definition) is 0. The van der Waals surface area contributed by atoms with Crippen molar-refractivity contribution in [2.75, 3.05) is 44.9 Å². The zero-order chi connectivity index (χ0) is 29.9. The standard InChI is InChI=1S/C35H35Cl2FN2O3/c1-42-33-15-19-40(35(33)41)26-9-13-29-24(20-26)4-2-5-31(30-12-8-25(36)21-32(30)37)34(29)23-6-10-27(11-7-23)43-28-14-18-39(22-28)17-3-16-38/h6-13,15,20-21,28H,2-5,14,16-19,22H2,1H3/t28-/m0/s1. The molecule has 3 aromatic carbocycles. The number of likely N-dealkylation sites (tertiary alicyclic amines) is 1. The highest BCUT2D eigenvalue weighted by Gasteiger charge is 2.28. The van der Waals surface area contributed by atoms with Gasteiger partial charge in [-0.25, -0.2) is 0 Å². The Morgan fingerprint density at radius 1 is 1.00 bits per heavy atom. The average molecular weight is 622 g/mol. The van der Waals surface area contributed by atoms with Crippen molar-refractivity contribution in [3.8, 4) is 5.75 Å². The van der Waals surface area contributed by atoms with Gasteiger partial charge < -0.3 is 14.4 Å². The van der Waals surface area contributed by atoms with Crippen LogP contribution in [0.3, 0.4) is 0 Å². The molecule has 1 saturated heterocycles. The zero-order valence-electron chi connectivity index (χ0n) is 24.3. The van der Waals surface area contributed by atoms with Gasteiger partial charge in [0.2, 0.25) is 0 Å². The van der Waals surface area contributed by atoms with Gasteiger partial charge in [0.05, 0.1) is 13.8 Å². The van der Waals surface area contributed by atoms with Gasteiger partial charge in [-0.2, -0.15) is 0 Å². The van der Waals surface area contributed by atoms with Gasteiger partial charge in [-0.1, -0.05) is 47.5 Å². The summed E-state index contributed by atoms with van der Waals surface area (Å²) in [7, 11) is 1.53. The molecule has 6 rings (SSSR count). The molecule has 3 aromatic rings. The summed E-state index contributed by atoms with van der Waals surface area (Å²) in [4.78, 5) is 16.9. The number of rotatable bonds is 9. The summed E-state index contributed by atoms with van der Waals surface area (Å²) in [5, 5.41) is 1.23. The number of allylic oxidation sites excluding steroid dienone is 1. The zero-order valence-corrected chi connectivity index (χ0v) is 25.8. The van der Waals surface area contributed by atoms with Crippen molar-refractivity contribution in [3.63, 3.8) is 0 Å². The van der Waals surface area contributed by atoms with Crippen LogP contribution in [0.5, 0.6) is 5.75 Å². The van der Waals surface area contributed by atoms with E-state index in [0.29, 0.717) is 28.8 Å². The highest BCUT2D eigenvalue weighted by Crippen LogP contribution is 2.43. The third kappa shape index (κ3) is 6.33. The lowest BCUT2D eigenvalue weighted by Crippen LogP contribution is -2.27. The van der Waals surface area contributed by atoms with Gasteiger partial charge in [-0.3, -0.25) is 14.1 Å². The highest BCUT2D eigenvalue weighted by atomic mass is 35.5. The van der Waals surface area contributed by atoms with E-state index < -0.39 is 0 Å². The van der Waals surface area contributed by atoms with Gasteiger partial charge in [0.15, 0.2) is 5.76 Å². The number of fused-ring (bicyclic) bond motifs is 1. The van der Waals surface area contributed by atoms with Gasteiger partial charge in [-0.15, -0.1) is 0 Å². The molecule has 8 heteroatoms. The second-order valence-corrected chi connectivity index (χ2v) is 12.1. The molecule has 3 aliphatic rings. The van der Waals surface area contributed by atoms with Gasteiger partial charge in [0.25, 0.3) is 5.91 Å². The number of benzene rings is 3. The minimum absolute atomic E-state index is 0.103. The highest BCUT2D eigenvalue weighted by molar-refractivity contribution is 6.36. The number of halogens is 3. The van der Waals surface area contributed by atoms with Crippen LogP contribution >= 0.6 is 23.2 Å². The molecule has 0 radical (unpaired) electrons. The molecular formula is C35H35Cl2FN2O3. The lowest BCUT2D eigenvalue weighted by molar-refractivity contribution is -0.117. The molecule has 1 aliphatic carbocycles. The Labute approximate surface area is 262 Å². The summed E-state index contributed by atoms with van der Waals surface area (Å²) in [6.45, 7) is 2.74. The molecule has 1 amide bonds. The Bertz CT molecular complexity index is 1570. The number of ether oxygens (including phenoxy) is 2. The molecule has 0 spiro atoms. The van der Waals surface area contributed by atoms with Gasteiger partial charge in [0.1, 0.15) is 11.9 Å². The molecule has 43 heavy (non-hydrogen) atoms. The predicted molar refractivity (Wildman–Crippen MR) is 172 cm³/mol. The van der Waals surface area contributed by atoms with E-state index in [1.807, 2.05) is 36.4 Å². The molecule has 1 fully saturated rings. The normalized spacial score (nSPS) is 19.0. The minimum atomic E-state index is -0.282. The smallest absolute Gasteiger partial charge is 0.293 e. The summed E-state index contributed by atoms with van der Waals surface area (Å²) in [5.41, 5.74) is 7.51. The Balaban J connectivity index is 1.35. The number of nitrogens with zero attached hydrogens (tertiary/aromatic N) is 2. The first-order chi connectivity index (χ1) is 20.9. The fraction of sp³-hybridized carbons (Fsp3) is 0.343. The topological polar surface area (TPSA) is 42.0 Å². The number of alkyl halides is 1. The third-order valence-electron chi connectivity index (χ3n) is 8.52. The molecular weight excluding hydrogens is 586 g/mol. The molecule has 0 aromatic heterocycles. The van der Waals surface area contributed by atoms with Crippen LogP contribution < -0.4 is 9.64 Å². The van der Waals surface area contributed by atoms with Crippen LogP contribution in [0.25, 0.3) is 11.1 Å². The van der Waals surface area contributed by atoms with E-state index in [0.717, 1.165) is 79.0 Å². The van der Waals surface area contributed by atoms with Crippen molar-refractivity contribution >= 4 is 45.9 Å². The third-order valence-corrected chi connectivity index (χ3v) is 9.07. The van der Waals surface area contributed by atoms with Gasteiger partial charge in [-0.05, 0) is 108 Å². The van der Waals surface area contributed by atoms with E-state index in [1.54, 1.807) is 11.0 Å². The summed E-state index contributed by atoms with van der Waals surface area (Å²) >= 11 is 13.1. The van der Waals surface area contributed by atoms with E-state index >= 15 is 0 Å². The second kappa shape index (κ2) is 13.1. The summed E-state index contributed by atoms with van der Waals surface area (Å²) in [6, 6.07) is 20.3. The first-order valence-corrected chi connectivity index (χ1v) is 15.6. The number of hydrogen-bond acceptors (Lipinski definition) is 4. The lowest BCUT2D eigenvalue weighted by atomic mass is 9.87. The van der Waals surface area contributed by atoms with E-state index in [1.165, 1.54) is 18.2 Å². The van der Waals surface area contributed by atoms with Crippen molar-refractivity contribution in [3.05, 3.63) is 105 Å². The van der Waals surface area contributed by atoms with Crippen LogP contribution in [0.4, 0.5) is 10.1 Å². The first kappa shape index (κ1) is 29.7. The number of carbonyl (C=O) groups is 1. The maximum atomic E-state index is 12.8. The van der Waals surface area contributed by atoms with Crippen LogP contribution in [0.2, 0.25) is 10.0 Å². The molecule has 0 bridgehead atoms. The van der Waals surface area contributed by atoms with Crippen molar-refractivity contribution < 1.29 is 18.7 Å². The molecule has 2 aliphatic heterocycles. The quantitative estimate of drug-likeness (QED) is 0.243. The largest absolute Gasteiger partial charge is 0.491 e. The SMILES string of the molecule is COC1=CCN(c2ccc3c(c2)CCCC(c2ccc(Cl)cc2Cl)=C3c2ccc(O[C@H]3CCN(CCCF)C3)cc2)C1=O. The maximum Gasteiger partial charge on any atom is 0.293 e. The van der Waals surface area contributed by atoms with Crippen LogP contribution in [0.1, 0.15) is 47.9 Å². The number of aryl methyl sites for hydroxylation is 1. The molecule has 2 heterocycles. The average Bonchev–Trinajstić information content (AvgIpc) is 3.56.